The Balaban J connectivity index is 1.49. The second-order valence-corrected chi connectivity index (χ2v) is 8.45. The van der Waals surface area contributed by atoms with E-state index in [4.69, 9.17) is 9.47 Å². The molecule has 168 valence electrons. The fourth-order valence-corrected chi connectivity index (χ4v) is 3.54. The van der Waals surface area contributed by atoms with Crippen LogP contribution in [0.25, 0.3) is 0 Å². The molecule has 6 heteroatoms. The summed E-state index contributed by atoms with van der Waals surface area (Å²) in [5.41, 5.74) is 1.06. The average molecular weight is 443 g/mol. The van der Waals surface area contributed by atoms with Crippen molar-refractivity contribution in [3.63, 3.8) is 0 Å². The van der Waals surface area contributed by atoms with Crippen LogP contribution in [-0.4, -0.2) is 25.0 Å². The largest absolute Gasteiger partial charge is 0.490 e. The zero-order valence-electron chi connectivity index (χ0n) is 18.7. The summed E-state index contributed by atoms with van der Waals surface area (Å²) in [6.45, 7) is 8.08. The Morgan fingerprint density at radius 1 is 1.09 bits per heavy atom. The number of fused-ring (bicyclic) bond motifs is 1. The Hall–Kier alpha value is -4.06. The predicted octanol–water partition coefficient (Wildman–Crippen LogP) is 5.67. The molecule has 0 radical (unpaired) electrons. The summed E-state index contributed by atoms with van der Waals surface area (Å²) in [5.74, 6) is 1.63. The molecule has 0 saturated carbocycles. The molecule has 0 aliphatic carbocycles. The van der Waals surface area contributed by atoms with Crippen LogP contribution in [0.5, 0.6) is 17.2 Å². The molecular weight excluding hydrogens is 416 g/mol. The van der Waals surface area contributed by atoms with Crippen LogP contribution in [0, 0.1) is 5.41 Å². The second kappa shape index (κ2) is 9.20. The fraction of sp³-hybridized carbons (Fsp3) is 0.185. The topological polar surface area (TPSA) is 67.9 Å². The van der Waals surface area contributed by atoms with Gasteiger partial charge in [0.2, 0.25) is 5.91 Å². The molecule has 0 saturated heterocycles. The van der Waals surface area contributed by atoms with Crippen LogP contribution in [0.4, 0.5) is 11.4 Å². The lowest BCUT2D eigenvalue weighted by atomic mass is 9.93. The molecule has 1 aliphatic rings. The van der Waals surface area contributed by atoms with Gasteiger partial charge >= 0.3 is 0 Å². The Bertz CT molecular complexity index is 1170. The second-order valence-electron chi connectivity index (χ2n) is 8.45. The summed E-state index contributed by atoms with van der Waals surface area (Å²) in [6.07, 6.45) is 1.68. The van der Waals surface area contributed by atoms with E-state index in [1.807, 2.05) is 44.2 Å². The minimum Gasteiger partial charge on any atom is -0.490 e. The minimum absolute atomic E-state index is 0.0317. The zero-order chi connectivity index (χ0) is 23.4. The molecule has 0 fully saturated rings. The van der Waals surface area contributed by atoms with Gasteiger partial charge in [0.05, 0.1) is 11.1 Å². The molecule has 0 unspecified atom stereocenters. The zero-order valence-corrected chi connectivity index (χ0v) is 18.7. The Labute approximate surface area is 193 Å². The van der Waals surface area contributed by atoms with Crippen LogP contribution >= 0.6 is 0 Å². The van der Waals surface area contributed by atoms with E-state index in [2.05, 4.69) is 11.9 Å². The molecule has 1 heterocycles. The number of amides is 2. The maximum atomic E-state index is 12.9. The highest BCUT2D eigenvalue weighted by molar-refractivity contribution is 6.05. The van der Waals surface area contributed by atoms with Crippen molar-refractivity contribution in [2.45, 2.75) is 13.8 Å². The highest BCUT2D eigenvalue weighted by Gasteiger charge is 2.37. The minimum atomic E-state index is -0.672. The lowest BCUT2D eigenvalue weighted by Gasteiger charge is -2.27. The van der Waals surface area contributed by atoms with Crippen molar-refractivity contribution in [1.29, 1.82) is 0 Å². The van der Waals surface area contributed by atoms with Crippen LogP contribution < -0.4 is 19.7 Å². The Kier molecular flexibility index (Phi) is 6.18. The summed E-state index contributed by atoms with van der Waals surface area (Å²) in [4.78, 5) is 27.4. The van der Waals surface area contributed by atoms with Gasteiger partial charge in [0.25, 0.3) is 5.91 Å². The van der Waals surface area contributed by atoms with Crippen molar-refractivity contribution < 1.29 is 19.1 Å². The lowest BCUT2D eigenvalue weighted by molar-refractivity contribution is -0.127. The van der Waals surface area contributed by atoms with Gasteiger partial charge in [-0.3, -0.25) is 9.59 Å². The third-order valence-corrected chi connectivity index (χ3v) is 5.33. The van der Waals surface area contributed by atoms with Crippen LogP contribution in [0.15, 0.2) is 85.5 Å². The molecule has 1 aliphatic heterocycles. The first-order chi connectivity index (χ1) is 15.9. The molecule has 3 aromatic rings. The number of benzene rings is 3. The van der Waals surface area contributed by atoms with Crippen molar-refractivity contribution in [3.8, 4) is 17.2 Å². The van der Waals surface area contributed by atoms with Crippen LogP contribution in [0.2, 0.25) is 0 Å². The monoisotopic (exact) mass is 442 g/mol. The fourth-order valence-electron chi connectivity index (χ4n) is 3.54. The van der Waals surface area contributed by atoms with E-state index in [1.54, 1.807) is 53.4 Å². The van der Waals surface area contributed by atoms with Gasteiger partial charge in [-0.25, -0.2) is 0 Å². The van der Waals surface area contributed by atoms with Crippen molar-refractivity contribution in [2.75, 3.05) is 23.4 Å². The first-order valence-electron chi connectivity index (χ1n) is 10.7. The highest BCUT2D eigenvalue weighted by atomic mass is 16.5. The van der Waals surface area contributed by atoms with Gasteiger partial charge < -0.3 is 19.7 Å². The first kappa shape index (κ1) is 22.1. The van der Waals surface area contributed by atoms with E-state index in [-0.39, 0.29) is 18.4 Å². The van der Waals surface area contributed by atoms with E-state index in [9.17, 15) is 9.59 Å². The third-order valence-electron chi connectivity index (χ3n) is 5.33. The van der Waals surface area contributed by atoms with E-state index in [0.29, 0.717) is 35.0 Å². The number of hydrogen-bond donors (Lipinski definition) is 1. The number of para-hydroxylation sites is 1. The van der Waals surface area contributed by atoms with Gasteiger partial charge in [0.15, 0.2) is 0 Å². The number of nitrogens with zero attached hydrogens (tertiary/aromatic N) is 1. The number of nitrogens with one attached hydrogen (secondary N) is 1. The quantitative estimate of drug-likeness (QED) is 0.500. The SMILES string of the molecule is C=CCN1C(=O)C(C)(C)COc2cc(NC(=O)c3ccc(Oc4ccccc4)cc3)ccc21. The number of carbonyl (C=O) groups is 2. The molecule has 4 rings (SSSR count). The normalized spacial score (nSPS) is 14.5. The van der Waals surface area contributed by atoms with Gasteiger partial charge in [-0.05, 0) is 62.4 Å². The highest BCUT2D eigenvalue weighted by Crippen LogP contribution is 2.38. The Morgan fingerprint density at radius 3 is 2.48 bits per heavy atom. The number of ether oxygens (including phenoxy) is 2. The van der Waals surface area contributed by atoms with Gasteiger partial charge in [0.1, 0.15) is 23.9 Å². The van der Waals surface area contributed by atoms with Gasteiger partial charge in [-0.1, -0.05) is 24.3 Å². The molecule has 2 amide bonds. The van der Waals surface area contributed by atoms with Crippen molar-refractivity contribution >= 4 is 23.2 Å². The van der Waals surface area contributed by atoms with Gasteiger partial charge in [0, 0.05) is 23.9 Å². The molecule has 33 heavy (non-hydrogen) atoms. The molecule has 1 N–H and O–H groups in total. The molecule has 6 nitrogen and oxygen atoms in total. The molecular formula is C27H26N2O4. The van der Waals surface area contributed by atoms with Crippen molar-refractivity contribution in [2.24, 2.45) is 5.41 Å². The predicted molar refractivity (Wildman–Crippen MR) is 129 cm³/mol. The maximum absolute atomic E-state index is 12.9. The van der Waals surface area contributed by atoms with Gasteiger partial charge in [-0.15, -0.1) is 6.58 Å². The van der Waals surface area contributed by atoms with Crippen LogP contribution in [0.3, 0.4) is 0 Å². The summed E-state index contributed by atoms with van der Waals surface area (Å²) >= 11 is 0. The van der Waals surface area contributed by atoms with E-state index in [1.165, 1.54) is 0 Å². The van der Waals surface area contributed by atoms with Crippen LogP contribution in [0.1, 0.15) is 24.2 Å². The number of carbonyl (C=O) groups excluding carboxylic acids is 2. The van der Waals surface area contributed by atoms with Gasteiger partial charge in [-0.2, -0.15) is 0 Å². The Morgan fingerprint density at radius 2 is 1.79 bits per heavy atom. The first-order valence-corrected chi connectivity index (χ1v) is 10.7. The average Bonchev–Trinajstić information content (AvgIpc) is 2.90. The van der Waals surface area contributed by atoms with E-state index < -0.39 is 5.41 Å². The third kappa shape index (κ3) is 4.90. The van der Waals surface area contributed by atoms with Crippen LogP contribution in [-0.2, 0) is 4.79 Å². The molecule has 0 atom stereocenters. The number of rotatable bonds is 6. The maximum Gasteiger partial charge on any atom is 0.255 e. The van der Waals surface area contributed by atoms with E-state index >= 15 is 0 Å². The molecule has 0 aromatic heterocycles. The van der Waals surface area contributed by atoms with Crippen molar-refractivity contribution in [3.05, 3.63) is 91.0 Å². The molecule has 0 spiro atoms. The number of anilines is 2. The van der Waals surface area contributed by atoms with E-state index in [0.717, 1.165) is 5.75 Å². The molecule has 0 bridgehead atoms. The summed E-state index contributed by atoms with van der Waals surface area (Å²) in [5, 5.41) is 2.89. The molecule has 3 aromatic carbocycles. The summed E-state index contributed by atoms with van der Waals surface area (Å²) in [7, 11) is 0. The standard InChI is InChI=1S/C27H26N2O4/c1-4-16-29-23-15-12-20(17-24(23)32-18-27(2,3)26(29)31)28-25(30)19-10-13-22(14-11-19)33-21-8-6-5-7-9-21/h4-15,17H,1,16,18H2,2-3H3,(H,28,30). The summed E-state index contributed by atoms with van der Waals surface area (Å²) < 4.78 is 11.7. The smallest absolute Gasteiger partial charge is 0.255 e. The lowest BCUT2D eigenvalue weighted by Crippen LogP contribution is -2.42. The number of hydrogen-bond acceptors (Lipinski definition) is 4. The summed E-state index contributed by atoms with van der Waals surface area (Å²) in [6, 6.07) is 21.7. The van der Waals surface area contributed by atoms with Crippen molar-refractivity contribution in [1.82, 2.24) is 0 Å².